The Balaban J connectivity index is 1.54. The van der Waals surface area contributed by atoms with E-state index >= 15 is 0 Å². The maximum atomic E-state index is 9.34. The fraction of sp³-hybridized carbons (Fsp3) is 0.571. The Hall–Kier alpha value is -2.04. The molecular weight excluding hydrogens is 370 g/mol. The molecule has 0 spiro atoms. The second-order valence-corrected chi connectivity index (χ2v) is 8.70. The van der Waals surface area contributed by atoms with E-state index in [4.69, 9.17) is 4.74 Å². The van der Waals surface area contributed by atoms with Crippen molar-refractivity contribution in [2.24, 2.45) is 5.92 Å². The molecule has 2 saturated heterocycles. The molecule has 0 amide bonds. The van der Waals surface area contributed by atoms with Crippen molar-refractivity contribution in [3.63, 3.8) is 0 Å². The highest BCUT2D eigenvalue weighted by Gasteiger charge is 2.26. The standard InChI is InChI=1S/C21H27N5OS/c1-16-8-10-25(11-9-16)20-23-24-21(26(20)14-19-7-4-12-27-19)28-15-18-6-3-2-5-17(18)13-22/h2-3,5-6,16,19H,4,7-12,14-15H2,1H3. The monoisotopic (exact) mass is 397 g/mol. The minimum atomic E-state index is 0.240. The van der Waals surface area contributed by atoms with Crippen LogP contribution in [-0.4, -0.2) is 40.6 Å². The third kappa shape index (κ3) is 4.34. The van der Waals surface area contributed by atoms with Gasteiger partial charge in [-0.1, -0.05) is 36.9 Å². The molecule has 4 rings (SSSR count). The summed E-state index contributed by atoms with van der Waals surface area (Å²) in [5, 5.41) is 19.3. The molecule has 6 nitrogen and oxygen atoms in total. The van der Waals surface area contributed by atoms with Gasteiger partial charge in [-0.15, -0.1) is 10.2 Å². The van der Waals surface area contributed by atoms with Gasteiger partial charge in [0.1, 0.15) is 0 Å². The summed E-state index contributed by atoms with van der Waals surface area (Å²) in [5.41, 5.74) is 1.76. The van der Waals surface area contributed by atoms with Crippen LogP contribution in [0.2, 0.25) is 0 Å². The second-order valence-electron chi connectivity index (χ2n) is 7.76. The van der Waals surface area contributed by atoms with E-state index in [-0.39, 0.29) is 6.10 Å². The van der Waals surface area contributed by atoms with Crippen molar-refractivity contribution in [1.29, 1.82) is 5.26 Å². The smallest absolute Gasteiger partial charge is 0.228 e. The summed E-state index contributed by atoms with van der Waals surface area (Å²) >= 11 is 1.65. The third-order valence-electron chi connectivity index (χ3n) is 5.67. The van der Waals surface area contributed by atoms with Crippen molar-refractivity contribution < 1.29 is 4.74 Å². The largest absolute Gasteiger partial charge is 0.376 e. The molecule has 0 bridgehead atoms. The van der Waals surface area contributed by atoms with Gasteiger partial charge in [0.25, 0.3) is 0 Å². The molecule has 1 aromatic heterocycles. The first-order valence-corrected chi connectivity index (χ1v) is 11.1. The lowest BCUT2D eigenvalue weighted by atomic mass is 10.00. The first-order valence-electron chi connectivity index (χ1n) is 10.1. The van der Waals surface area contributed by atoms with Crippen LogP contribution in [0.4, 0.5) is 5.95 Å². The van der Waals surface area contributed by atoms with Gasteiger partial charge in [0.2, 0.25) is 5.95 Å². The Kier molecular flexibility index (Phi) is 6.18. The van der Waals surface area contributed by atoms with E-state index in [2.05, 4.69) is 32.7 Å². The van der Waals surface area contributed by atoms with Crippen LogP contribution in [0.25, 0.3) is 0 Å². The van der Waals surface area contributed by atoms with Crippen LogP contribution < -0.4 is 4.90 Å². The average molecular weight is 398 g/mol. The third-order valence-corrected chi connectivity index (χ3v) is 6.68. The molecule has 2 fully saturated rings. The van der Waals surface area contributed by atoms with Gasteiger partial charge >= 0.3 is 0 Å². The number of hydrogen-bond acceptors (Lipinski definition) is 6. The zero-order valence-electron chi connectivity index (χ0n) is 16.4. The Morgan fingerprint density at radius 2 is 2.04 bits per heavy atom. The average Bonchev–Trinajstić information content (AvgIpc) is 3.38. The van der Waals surface area contributed by atoms with E-state index in [1.807, 2.05) is 24.3 Å². The van der Waals surface area contributed by atoms with Crippen molar-refractivity contribution in [2.75, 3.05) is 24.6 Å². The molecular formula is C21H27N5OS. The maximum absolute atomic E-state index is 9.34. The van der Waals surface area contributed by atoms with Gasteiger partial charge in [-0.05, 0) is 43.2 Å². The molecule has 2 aliphatic rings. The number of anilines is 1. The summed E-state index contributed by atoms with van der Waals surface area (Å²) in [6, 6.07) is 10.0. The van der Waals surface area contributed by atoms with E-state index in [0.717, 1.165) is 67.2 Å². The Morgan fingerprint density at radius 1 is 1.21 bits per heavy atom. The summed E-state index contributed by atoms with van der Waals surface area (Å²) in [7, 11) is 0. The van der Waals surface area contributed by atoms with Crippen LogP contribution in [0.15, 0.2) is 29.4 Å². The Bertz CT molecular complexity index is 832. The number of ether oxygens (including phenoxy) is 1. The maximum Gasteiger partial charge on any atom is 0.228 e. The van der Waals surface area contributed by atoms with Gasteiger partial charge in [-0.3, -0.25) is 4.57 Å². The molecule has 0 saturated carbocycles. The zero-order chi connectivity index (χ0) is 19.3. The van der Waals surface area contributed by atoms with Crippen molar-refractivity contribution in [3.05, 3.63) is 35.4 Å². The minimum Gasteiger partial charge on any atom is -0.376 e. The van der Waals surface area contributed by atoms with Crippen molar-refractivity contribution in [1.82, 2.24) is 14.8 Å². The first kappa shape index (κ1) is 19.3. The molecule has 0 N–H and O–H groups in total. The lowest BCUT2D eigenvalue weighted by Gasteiger charge is -2.31. The predicted octanol–water partition coefficient (Wildman–Crippen LogP) is 3.86. The summed E-state index contributed by atoms with van der Waals surface area (Å²) < 4.78 is 8.13. The number of rotatable bonds is 6. The number of nitrogens with zero attached hydrogens (tertiary/aromatic N) is 5. The van der Waals surface area contributed by atoms with Crippen LogP contribution in [0.5, 0.6) is 0 Å². The molecule has 2 aromatic rings. The fourth-order valence-corrected chi connectivity index (χ4v) is 4.83. The van der Waals surface area contributed by atoms with Gasteiger partial charge in [0.15, 0.2) is 5.16 Å². The highest BCUT2D eigenvalue weighted by molar-refractivity contribution is 7.98. The molecule has 2 aliphatic heterocycles. The topological polar surface area (TPSA) is 67.0 Å². The number of thioether (sulfide) groups is 1. The summed E-state index contributed by atoms with van der Waals surface area (Å²) in [5.74, 6) is 2.46. The van der Waals surface area contributed by atoms with E-state index in [1.165, 1.54) is 12.8 Å². The summed E-state index contributed by atoms with van der Waals surface area (Å²) in [4.78, 5) is 2.37. The van der Waals surface area contributed by atoms with Crippen LogP contribution in [0.1, 0.15) is 43.7 Å². The minimum absolute atomic E-state index is 0.240. The fourth-order valence-electron chi connectivity index (χ4n) is 3.88. The SMILES string of the molecule is CC1CCN(c2nnc(SCc3ccccc3C#N)n2CC2CCCO2)CC1. The van der Waals surface area contributed by atoms with Crippen LogP contribution in [-0.2, 0) is 17.0 Å². The number of piperidine rings is 1. The molecule has 0 aliphatic carbocycles. The molecule has 1 unspecified atom stereocenters. The number of nitriles is 1. The lowest BCUT2D eigenvalue weighted by molar-refractivity contribution is 0.0951. The molecule has 1 aromatic carbocycles. The van der Waals surface area contributed by atoms with Crippen molar-refractivity contribution in [2.45, 2.75) is 56.2 Å². The van der Waals surface area contributed by atoms with Crippen LogP contribution >= 0.6 is 11.8 Å². The lowest BCUT2D eigenvalue weighted by Crippen LogP contribution is -2.35. The van der Waals surface area contributed by atoms with Gasteiger partial charge in [0, 0.05) is 25.4 Å². The highest BCUT2D eigenvalue weighted by Crippen LogP contribution is 2.30. The van der Waals surface area contributed by atoms with Crippen LogP contribution in [0.3, 0.4) is 0 Å². The summed E-state index contributed by atoms with van der Waals surface area (Å²) in [6.07, 6.45) is 4.86. The quantitative estimate of drug-likeness (QED) is 0.690. The van der Waals surface area contributed by atoms with Gasteiger partial charge in [0.05, 0.1) is 24.3 Å². The Morgan fingerprint density at radius 3 is 2.79 bits per heavy atom. The number of benzene rings is 1. The molecule has 0 radical (unpaired) electrons. The van der Waals surface area contributed by atoms with Crippen LogP contribution in [0, 0.1) is 17.2 Å². The van der Waals surface area contributed by atoms with E-state index < -0.39 is 0 Å². The molecule has 148 valence electrons. The predicted molar refractivity (Wildman–Crippen MR) is 110 cm³/mol. The van der Waals surface area contributed by atoms with E-state index in [1.54, 1.807) is 11.8 Å². The molecule has 1 atom stereocenters. The van der Waals surface area contributed by atoms with Gasteiger partial charge in [-0.25, -0.2) is 0 Å². The summed E-state index contributed by atoms with van der Waals surface area (Å²) in [6.45, 7) is 6.04. The van der Waals surface area contributed by atoms with E-state index in [0.29, 0.717) is 5.75 Å². The molecule has 7 heteroatoms. The van der Waals surface area contributed by atoms with Gasteiger partial charge in [-0.2, -0.15) is 5.26 Å². The highest BCUT2D eigenvalue weighted by atomic mass is 32.2. The normalized spacial score (nSPS) is 20.4. The number of aromatic nitrogens is 3. The van der Waals surface area contributed by atoms with Crippen molar-refractivity contribution in [3.8, 4) is 6.07 Å². The second kappa shape index (κ2) is 8.97. The molecule has 28 heavy (non-hydrogen) atoms. The zero-order valence-corrected chi connectivity index (χ0v) is 17.2. The van der Waals surface area contributed by atoms with Crippen molar-refractivity contribution >= 4 is 17.7 Å². The number of hydrogen-bond donors (Lipinski definition) is 0. The van der Waals surface area contributed by atoms with E-state index in [9.17, 15) is 5.26 Å². The Labute approximate surface area is 170 Å². The van der Waals surface area contributed by atoms with Gasteiger partial charge < -0.3 is 9.64 Å². The first-order chi connectivity index (χ1) is 13.7. The molecule has 3 heterocycles.